The van der Waals surface area contributed by atoms with E-state index in [1.54, 1.807) is 19.2 Å². The summed E-state index contributed by atoms with van der Waals surface area (Å²) in [5.74, 6) is 0.347. The molecular weight excluding hydrogens is 324 g/mol. The fraction of sp³-hybridized carbons (Fsp3) is 0.611. The molecule has 0 aliphatic heterocycles. The number of carbonyl (C=O) groups excluding carboxylic acids is 1. The van der Waals surface area contributed by atoms with Crippen molar-refractivity contribution < 1.29 is 13.2 Å². The van der Waals surface area contributed by atoms with E-state index in [-0.39, 0.29) is 27.7 Å². The number of hydrogen-bond acceptors (Lipinski definition) is 3. The normalized spacial score (nSPS) is 31.2. The molecule has 2 fully saturated rings. The molecule has 2 aliphatic rings. The lowest BCUT2D eigenvalue weighted by Gasteiger charge is -2.39. The minimum atomic E-state index is -3.59. The molecule has 0 saturated heterocycles. The largest absolute Gasteiger partial charge is 0.355 e. The molecule has 2 aliphatic carbocycles. The molecule has 1 aromatic rings. The van der Waals surface area contributed by atoms with Gasteiger partial charge in [-0.15, -0.1) is 0 Å². The predicted molar refractivity (Wildman–Crippen MR) is 93.2 cm³/mol. The molecule has 0 radical (unpaired) electrons. The molecule has 3 rings (SSSR count). The molecule has 2 saturated carbocycles. The highest BCUT2D eigenvalue weighted by Gasteiger charge is 2.61. The Bertz CT molecular complexity index is 755. The summed E-state index contributed by atoms with van der Waals surface area (Å²) in [5.41, 5.74) is 0.597. The average Bonchev–Trinajstić information content (AvgIpc) is 2.87. The first kappa shape index (κ1) is 17.4. The highest BCUT2D eigenvalue weighted by molar-refractivity contribution is 7.89. The van der Waals surface area contributed by atoms with Crippen molar-refractivity contribution >= 4 is 15.9 Å². The van der Waals surface area contributed by atoms with E-state index < -0.39 is 10.0 Å². The lowest BCUT2D eigenvalue weighted by atomic mass is 9.69. The number of amides is 1. The summed E-state index contributed by atoms with van der Waals surface area (Å²) < 4.78 is 28.4. The zero-order valence-corrected chi connectivity index (χ0v) is 15.5. The smallest absolute Gasteiger partial charge is 0.251 e. The van der Waals surface area contributed by atoms with Gasteiger partial charge in [0.15, 0.2) is 0 Å². The molecule has 2 N–H and O–H groups in total. The SMILES string of the molecule is CNC(=O)c1ccc(S(=O)(=O)NC2CC3CCC2(C)C3(C)C)cc1. The van der Waals surface area contributed by atoms with Crippen molar-refractivity contribution in [3.8, 4) is 0 Å². The van der Waals surface area contributed by atoms with E-state index in [4.69, 9.17) is 0 Å². The molecule has 5 nitrogen and oxygen atoms in total. The molecule has 1 aromatic carbocycles. The van der Waals surface area contributed by atoms with Gasteiger partial charge in [-0.2, -0.15) is 0 Å². The van der Waals surface area contributed by atoms with E-state index in [1.165, 1.54) is 18.6 Å². The fourth-order valence-corrected chi connectivity index (χ4v) is 5.93. The second-order valence-corrected chi connectivity index (χ2v) is 9.60. The van der Waals surface area contributed by atoms with Gasteiger partial charge in [0.25, 0.3) is 5.91 Å². The average molecular weight is 350 g/mol. The Morgan fingerprint density at radius 2 is 1.79 bits per heavy atom. The van der Waals surface area contributed by atoms with Crippen LogP contribution in [0.25, 0.3) is 0 Å². The third-order valence-electron chi connectivity index (χ3n) is 6.75. The molecule has 1 amide bonds. The molecule has 132 valence electrons. The summed E-state index contributed by atoms with van der Waals surface area (Å²) in [4.78, 5) is 11.8. The van der Waals surface area contributed by atoms with Crippen LogP contribution in [-0.4, -0.2) is 27.4 Å². The fourth-order valence-electron chi connectivity index (χ4n) is 4.57. The number of fused-ring (bicyclic) bond motifs is 2. The van der Waals surface area contributed by atoms with Crippen LogP contribution in [0.3, 0.4) is 0 Å². The minimum Gasteiger partial charge on any atom is -0.355 e. The maximum absolute atomic E-state index is 12.8. The van der Waals surface area contributed by atoms with E-state index >= 15 is 0 Å². The predicted octanol–water partition coefficient (Wildman–Crippen LogP) is 2.54. The van der Waals surface area contributed by atoms with Gasteiger partial charge in [0.05, 0.1) is 4.90 Å². The van der Waals surface area contributed by atoms with E-state index in [1.807, 2.05) is 0 Å². The molecule has 2 bridgehead atoms. The second-order valence-electron chi connectivity index (χ2n) is 7.89. The zero-order valence-electron chi connectivity index (χ0n) is 14.7. The van der Waals surface area contributed by atoms with Gasteiger partial charge in [0.1, 0.15) is 0 Å². The Morgan fingerprint density at radius 3 is 2.25 bits per heavy atom. The first-order valence-electron chi connectivity index (χ1n) is 8.46. The van der Waals surface area contributed by atoms with Gasteiger partial charge in [0.2, 0.25) is 10.0 Å². The summed E-state index contributed by atoms with van der Waals surface area (Å²) >= 11 is 0. The van der Waals surface area contributed by atoms with Crippen LogP contribution in [-0.2, 0) is 10.0 Å². The van der Waals surface area contributed by atoms with Crippen LogP contribution in [0.1, 0.15) is 50.4 Å². The number of carbonyl (C=O) groups is 1. The van der Waals surface area contributed by atoms with Gasteiger partial charge in [-0.05, 0) is 60.3 Å². The Morgan fingerprint density at radius 1 is 1.17 bits per heavy atom. The minimum absolute atomic E-state index is 0.00717. The molecular formula is C18H26N2O3S. The molecule has 3 atom stereocenters. The lowest BCUT2D eigenvalue weighted by molar-refractivity contribution is 0.0963. The highest BCUT2D eigenvalue weighted by Crippen LogP contribution is 2.65. The first-order chi connectivity index (χ1) is 11.1. The van der Waals surface area contributed by atoms with Crippen LogP contribution in [0.15, 0.2) is 29.2 Å². The highest BCUT2D eigenvalue weighted by atomic mass is 32.2. The van der Waals surface area contributed by atoms with Crippen LogP contribution in [0.5, 0.6) is 0 Å². The number of rotatable bonds is 4. The van der Waals surface area contributed by atoms with Crippen LogP contribution >= 0.6 is 0 Å². The Balaban J connectivity index is 1.81. The maximum atomic E-state index is 12.8. The first-order valence-corrected chi connectivity index (χ1v) is 9.94. The van der Waals surface area contributed by atoms with Gasteiger partial charge in [0, 0.05) is 18.7 Å². The number of nitrogens with one attached hydrogen (secondary N) is 2. The maximum Gasteiger partial charge on any atom is 0.251 e. The van der Waals surface area contributed by atoms with E-state index in [9.17, 15) is 13.2 Å². The summed E-state index contributed by atoms with van der Waals surface area (Å²) in [6.45, 7) is 6.73. The van der Waals surface area contributed by atoms with Crippen LogP contribution < -0.4 is 10.0 Å². The second kappa shape index (κ2) is 5.56. The van der Waals surface area contributed by atoms with E-state index in [0.29, 0.717) is 11.5 Å². The van der Waals surface area contributed by atoms with Crippen molar-refractivity contribution in [1.82, 2.24) is 10.0 Å². The summed E-state index contributed by atoms with van der Waals surface area (Å²) in [7, 11) is -2.04. The van der Waals surface area contributed by atoms with Crippen molar-refractivity contribution in [2.45, 2.75) is 51.0 Å². The standard InChI is InChI=1S/C18H26N2O3S/c1-17(2)13-9-10-18(17,3)15(11-13)20-24(22,23)14-7-5-12(6-8-14)16(21)19-4/h5-8,13,15,20H,9-11H2,1-4H3,(H,19,21). The Hall–Kier alpha value is -1.40. The summed E-state index contributed by atoms with van der Waals surface area (Å²) in [6, 6.07) is 6.04. The van der Waals surface area contributed by atoms with Gasteiger partial charge in [-0.1, -0.05) is 20.8 Å². The quantitative estimate of drug-likeness (QED) is 0.876. The third-order valence-corrected chi connectivity index (χ3v) is 8.23. The van der Waals surface area contributed by atoms with Gasteiger partial charge in [-0.25, -0.2) is 13.1 Å². The monoisotopic (exact) mass is 350 g/mol. The number of benzene rings is 1. The molecule has 3 unspecified atom stereocenters. The summed E-state index contributed by atoms with van der Waals surface area (Å²) in [6.07, 6.45) is 3.15. The van der Waals surface area contributed by atoms with Crippen molar-refractivity contribution in [2.75, 3.05) is 7.05 Å². The number of hydrogen-bond donors (Lipinski definition) is 2. The van der Waals surface area contributed by atoms with Crippen molar-refractivity contribution in [2.24, 2.45) is 16.7 Å². The van der Waals surface area contributed by atoms with E-state index in [0.717, 1.165) is 12.8 Å². The van der Waals surface area contributed by atoms with Crippen LogP contribution in [0.2, 0.25) is 0 Å². The molecule has 0 spiro atoms. The molecule has 24 heavy (non-hydrogen) atoms. The molecule has 0 aromatic heterocycles. The van der Waals surface area contributed by atoms with Gasteiger partial charge in [-0.3, -0.25) is 4.79 Å². The Labute approximate surface area is 144 Å². The van der Waals surface area contributed by atoms with Crippen LogP contribution in [0.4, 0.5) is 0 Å². The van der Waals surface area contributed by atoms with Gasteiger partial charge >= 0.3 is 0 Å². The topological polar surface area (TPSA) is 75.3 Å². The number of sulfonamides is 1. The van der Waals surface area contributed by atoms with Crippen molar-refractivity contribution in [3.05, 3.63) is 29.8 Å². The molecule has 6 heteroatoms. The zero-order chi connectivity index (χ0) is 17.8. The van der Waals surface area contributed by atoms with Crippen molar-refractivity contribution in [3.63, 3.8) is 0 Å². The Kier molecular flexibility index (Phi) is 4.04. The van der Waals surface area contributed by atoms with Crippen molar-refractivity contribution in [1.29, 1.82) is 0 Å². The third kappa shape index (κ3) is 2.47. The van der Waals surface area contributed by atoms with Crippen LogP contribution in [0, 0.1) is 16.7 Å². The molecule has 0 heterocycles. The van der Waals surface area contributed by atoms with E-state index in [2.05, 4.69) is 30.8 Å². The summed E-state index contributed by atoms with van der Waals surface area (Å²) in [5, 5.41) is 2.53. The lowest BCUT2D eigenvalue weighted by Crippen LogP contribution is -2.46. The van der Waals surface area contributed by atoms with Gasteiger partial charge < -0.3 is 5.32 Å².